The number of hydrogen-bond donors (Lipinski definition) is 0. The normalized spacial score (nSPS) is 11.9. The predicted molar refractivity (Wildman–Crippen MR) is 53.3 cm³/mol. The van der Waals surface area contributed by atoms with Crippen LogP contribution in [0.2, 0.25) is 0 Å². The van der Waals surface area contributed by atoms with Crippen molar-refractivity contribution in [2.75, 3.05) is 0 Å². The monoisotopic (exact) mass is 245 g/mol. The zero-order valence-corrected chi connectivity index (χ0v) is 11.8. The van der Waals surface area contributed by atoms with Crippen LogP contribution in [-0.4, -0.2) is 23.5 Å². The van der Waals surface area contributed by atoms with E-state index in [1.54, 1.807) is 18.3 Å². The molecular weight excluding hydrogens is 237 g/mol. The zero-order valence-electron chi connectivity index (χ0n) is 8.95. The van der Waals surface area contributed by atoms with Gasteiger partial charge in [0.15, 0.2) is 5.82 Å². The summed E-state index contributed by atoms with van der Waals surface area (Å²) in [6.07, 6.45) is 1.73. The molecule has 0 saturated carbocycles. The molecule has 5 nitrogen and oxygen atoms in total. The Balaban J connectivity index is 0.00000128. The topological polar surface area (TPSA) is 70.8 Å². The second kappa shape index (κ2) is 5.70. The van der Waals surface area contributed by atoms with Crippen molar-refractivity contribution in [2.45, 2.75) is 11.9 Å². The van der Waals surface area contributed by atoms with Gasteiger partial charge >= 0.3 is 29.6 Å². The van der Waals surface area contributed by atoms with Gasteiger partial charge < -0.3 is 4.55 Å². The fourth-order valence-corrected chi connectivity index (χ4v) is 1.52. The smallest absolute Gasteiger partial charge is 0.767 e. The van der Waals surface area contributed by atoms with Gasteiger partial charge in [-0.2, -0.15) is 5.10 Å². The number of hydrogen-bond acceptors (Lipinski definition) is 4. The van der Waals surface area contributed by atoms with Crippen LogP contribution in [-0.2, 0) is 11.1 Å². The van der Waals surface area contributed by atoms with Gasteiger partial charge in [-0.15, -0.1) is 0 Å². The molecule has 0 saturated heterocycles. The number of nitrogens with zero attached hydrogens (tertiary/aromatic N) is 3. The van der Waals surface area contributed by atoms with Crippen molar-refractivity contribution in [3.8, 4) is 5.82 Å². The van der Waals surface area contributed by atoms with Crippen molar-refractivity contribution in [1.82, 2.24) is 14.8 Å². The van der Waals surface area contributed by atoms with E-state index in [0.29, 0.717) is 5.82 Å². The summed E-state index contributed by atoms with van der Waals surface area (Å²) in [5, 5.41) is 4.15. The van der Waals surface area contributed by atoms with E-state index in [4.69, 9.17) is 0 Å². The summed E-state index contributed by atoms with van der Waals surface area (Å²) < 4.78 is 22.9. The van der Waals surface area contributed by atoms with Crippen molar-refractivity contribution >= 4 is 11.1 Å². The Bertz CT molecular complexity index is 515. The molecule has 2 heterocycles. The molecule has 0 N–H and O–H groups in total. The van der Waals surface area contributed by atoms with Crippen LogP contribution in [0.25, 0.3) is 5.82 Å². The first-order valence-electron chi connectivity index (χ1n) is 4.26. The molecule has 0 aliphatic heterocycles. The molecule has 1 atom stereocenters. The van der Waals surface area contributed by atoms with Crippen LogP contribution in [0.15, 0.2) is 35.5 Å². The van der Waals surface area contributed by atoms with Crippen LogP contribution in [0.1, 0.15) is 5.69 Å². The molecule has 0 spiro atoms. The Labute approximate surface area is 117 Å². The maximum Gasteiger partial charge on any atom is 1.00 e. The predicted octanol–water partition coefficient (Wildman–Crippen LogP) is -2.18. The second-order valence-corrected chi connectivity index (χ2v) is 3.86. The summed E-state index contributed by atoms with van der Waals surface area (Å²) >= 11 is -2.31. The summed E-state index contributed by atoms with van der Waals surface area (Å²) in [5.41, 5.74) is 0.852. The molecule has 0 amide bonds. The number of pyridine rings is 1. The van der Waals surface area contributed by atoms with Crippen LogP contribution in [0.5, 0.6) is 0 Å². The van der Waals surface area contributed by atoms with Gasteiger partial charge in [0.1, 0.15) is 5.03 Å². The molecule has 0 aliphatic carbocycles. The van der Waals surface area contributed by atoms with E-state index >= 15 is 0 Å². The van der Waals surface area contributed by atoms with Gasteiger partial charge in [0, 0.05) is 6.20 Å². The van der Waals surface area contributed by atoms with E-state index in [1.807, 2.05) is 13.0 Å². The van der Waals surface area contributed by atoms with Crippen LogP contribution >= 0.6 is 0 Å². The first-order chi connectivity index (χ1) is 7.16. The van der Waals surface area contributed by atoms with E-state index in [2.05, 4.69) is 10.1 Å². The van der Waals surface area contributed by atoms with E-state index in [1.165, 1.54) is 10.7 Å². The van der Waals surface area contributed by atoms with Gasteiger partial charge in [-0.1, -0.05) is 6.07 Å². The van der Waals surface area contributed by atoms with Gasteiger partial charge in [0.2, 0.25) is 0 Å². The minimum absolute atomic E-state index is 0. The van der Waals surface area contributed by atoms with Gasteiger partial charge in [-0.25, -0.2) is 9.67 Å². The van der Waals surface area contributed by atoms with Crippen LogP contribution in [0.4, 0.5) is 0 Å². The Morgan fingerprint density at radius 3 is 2.69 bits per heavy atom. The Morgan fingerprint density at radius 1 is 1.38 bits per heavy atom. The Hall–Kier alpha value is -0.530. The zero-order chi connectivity index (χ0) is 10.8. The first-order valence-corrected chi connectivity index (χ1v) is 5.33. The minimum Gasteiger partial charge on any atom is -0.767 e. The summed E-state index contributed by atoms with van der Waals surface area (Å²) in [5.74, 6) is 0.491. The summed E-state index contributed by atoms with van der Waals surface area (Å²) in [4.78, 5) is 3.94. The molecule has 2 aromatic heterocycles. The van der Waals surface area contributed by atoms with Crippen molar-refractivity contribution in [1.29, 1.82) is 0 Å². The van der Waals surface area contributed by atoms with Gasteiger partial charge in [-0.05, 0) is 36.2 Å². The maximum absolute atomic E-state index is 10.7. The van der Waals surface area contributed by atoms with E-state index < -0.39 is 11.1 Å². The molecule has 0 radical (unpaired) electrons. The average molecular weight is 245 g/mol. The number of aryl methyl sites for hydroxylation is 1. The van der Waals surface area contributed by atoms with E-state index in [0.717, 1.165) is 5.69 Å². The molecule has 1 unspecified atom stereocenters. The fourth-order valence-electron chi connectivity index (χ4n) is 1.17. The van der Waals surface area contributed by atoms with Crippen LogP contribution in [0.3, 0.4) is 0 Å². The van der Waals surface area contributed by atoms with Gasteiger partial charge in [0.05, 0.1) is 5.69 Å². The molecule has 78 valence electrons. The molecule has 7 heteroatoms. The number of aromatic nitrogens is 3. The summed E-state index contributed by atoms with van der Waals surface area (Å²) in [6.45, 7) is 1.85. The van der Waals surface area contributed by atoms with Crippen molar-refractivity contribution < 1.29 is 38.3 Å². The molecule has 2 rings (SSSR count). The molecule has 0 aliphatic rings. The quantitative estimate of drug-likeness (QED) is 0.445. The van der Waals surface area contributed by atoms with Gasteiger partial charge in [0.25, 0.3) is 0 Å². The first kappa shape index (κ1) is 13.5. The van der Waals surface area contributed by atoms with Crippen molar-refractivity contribution in [2.24, 2.45) is 0 Å². The summed E-state index contributed by atoms with van der Waals surface area (Å²) in [7, 11) is 0. The largest absolute Gasteiger partial charge is 1.00 e. The van der Waals surface area contributed by atoms with Crippen molar-refractivity contribution in [3.05, 3.63) is 36.2 Å². The third-order valence-corrected chi connectivity index (χ3v) is 2.41. The van der Waals surface area contributed by atoms with Crippen molar-refractivity contribution in [3.63, 3.8) is 0 Å². The third kappa shape index (κ3) is 2.99. The molecule has 0 aromatic carbocycles. The average Bonchev–Trinajstić information content (AvgIpc) is 2.65. The van der Waals surface area contributed by atoms with Crippen LogP contribution < -0.4 is 29.6 Å². The molecule has 16 heavy (non-hydrogen) atoms. The standard InChI is InChI=1S/C9H9N3O2S.Na/c1-7-5-6-12(11-7)8-3-2-4-9(10-8)15(13)14;/h2-6H,1H3,(H,13,14);/q;+1/p-1. The Morgan fingerprint density at radius 2 is 2.12 bits per heavy atom. The van der Waals surface area contributed by atoms with E-state index in [9.17, 15) is 8.76 Å². The maximum atomic E-state index is 10.7. The molecule has 2 aromatic rings. The number of rotatable bonds is 2. The molecule has 0 fully saturated rings. The minimum atomic E-state index is -2.31. The summed E-state index contributed by atoms with van der Waals surface area (Å²) in [6, 6.07) is 6.58. The third-order valence-electron chi connectivity index (χ3n) is 1.84. The van der Waals surface area contributed by atoms with Crippen LogP contribution in [0, 0.1) is 6.92 Å². The van der Waals surface area contributed by atoms with E-state index in [-0.39, 0.29) is 34.6 Å². The van der Waals surface area contributed by atoms with Gasteiger partial charge in [-0.3, -0.25) is 4.21 Å². The Kier molecular flexibility index (Phi) is 4.82. The second-order valence-electron chi connectivity index (χ2n) is 2.97. The molecule has 0 bridgehead atoms. The fraction of sp³-hybridized carbons (Fsp3) is 0.111. The SMILES string of the molecule is Cc1ccn(-c2cccc(S(=O)[O-])n2)n1.[Na+]. The molecular formula is C9H8N3NaO2S.